The fraction of sp³-hybridized carbons (Fsp3) is 0.182. The third-order valence-electron chi connectivity index (χ3n) is 2.24. The summed E-state index contributed by atoms with van der Waals surface area (Å²) >= 11 is 0. The van der Waals surface area contributed by atoms with Crippen molar-refractivity contribution in [2.24, 2.45) is 0 Å². The second-order valence-electron chi connectivity index (χ2n) is 3.68. The van der Waals surface area contributed by atoms with E-state index in [1.54, 1.807) is 24.3 Å². The van der Waals surface area contributed by atoms with Crippen LogP contribution in [0, 0.1) is 0 Å². The lowest BCUT2D eigenvalue weighted by molar-refractivity contribution is 0.307. The minimum absolute atomic E-state index is 0.168. The number of hydrogen-bond donors (Lipinski definition) is 1. The van der Waals surface area contributed by atoms with Crippen LogP contribution in [-0.4, -0.2) is 19.7 Å². The quantitative estimate of drug-likeness (QED) is 0.828. The van der Waals surface area contributed by atoms with Crippen LogP contribution in [-0.2, 0) is 20.9 Å². The minimum atomic E-state index is -3.51. The number of aromatic nitrogens is 1. The smallest absolute Gasteiger partial charge is 0.264 e. The molecular weight excluding hydrogens is 242 g/mol. The largest absolute Gasteiger partial charge is 0.323 e. The molecule has 1 aromatic heterocycles. The van der Waals surface area contributed by atoms with E-state index in [-0.39, 0.29) is 12.2 Å². The first-order valence-electron chi connectivity index (χ1n) is 4.91. The van der Waals surface area contributed by atoms with Gasteiger partial charge in [0.25, 0.3) is 15.7 Å². The second kappa shape index (κ2) is 4.31. The summed E-state index contributed by atoms with van der Waals surface area (Å²) in [6, 6.07) is 8.76. The lowest BCUT2D eigenvalue weighted by atomic mass is 10.1. The number of hydrogen-bond acceptors (Lipinski definition) is 4. The van der Waals surface area contributed by atoms with Gasteiger partial charge in [-0.1, -0.05) is 18.2 Å². The molecule has 0 fully saturated rings. The molecule has 2 aromatic rings. The fourth-order valence-electron chi connectivity index (χ4n) is 1.51. The average Bonchev–Trinajstić information content (AvgIpc) is 2.26. The van der Waals surface area contributed by atoms with Gasteiger partial charge < -0.3 is 4.98 Å². The highest BCUT2D eigenvalue weighted by Crippen LogP contribution is 2.10. The summed E-state index contributed by atoms with van der Waals surface area (Å²) in [6.07, 6.45) is 0.964. The Bertz CT molecular complexity index is 703. The number of nitrogens with one attached hydrogen (secondary N) is 1. The molecule has 0 radical (unpaired) electrons. The van der Waals surface area contributed by atoms with Crippen LogP contribution in [0.1, 0.15) is 5.69 Å². The van der Waals surface area contributed by atoms with Crippen molar-refractivity contribution in [3.8, 4) is 0 Å². The summed E-state index contributed by atoms with van der Waals surface area (Å²) in [6.45, 7) is -0.168. The zero-order valence-corrected chi connectivity index (χ0v) is 9.95. The Labute approximate surface area is 98.2 Å². The maximum atomic E-state index is 11.7. The Morgan fingerprint density at radius 2 is 2.00 bits per heavy atom. The van der Waals surface area contributed by atoms with E-state index >= 15 is 0 Å². The number of aromatic amines is 1. The first kappa shape index (κ1) is 11.8. The Morgan fingerprint density at radius 1 is 1.29 bits per heavy atom. The number of H-pyrrole nitrogens is 1. The molecule has 0 spiro atoms. The van der Waals surface area contributed by atoms with Gasteiger partial charge in [0.15, 0.2) is 0 Å². The molecule has 0 atom stereocenters. The Morgan fingerprint density at radius 3 is 2.71 bits per heavy atom. The molecule has 1 aromatic carbocycles. The van der Waals surface area contributed by atoms with E-state index in [0.717, 1.165) is 11.6 Å². The molecule has 1 heterocycles. The highest BCUT2D eigenvalue weighted by Gasteiger charge is 2.05. The van der Waals surface area contributed by atoms with Crippen LogP contribution in [0.4, 0.5) is 0 Å². The highest BCUT2D eigenvalue weighted by atomic mass is 32.2. The van der Waals surface area contributed by atoms with Crippen LogP contribution >= 0.6 is 0 Å². The van der Waals surface area contributed by atoms with Gasteiger partial charge in [-0.25, -0.2) is 0 Å². The zero-order valence-electron chi connectivity index (χ0n) is 9.14. The van der Waals surface area contributed by atoms with Gasteiger partial charge in [0.05, 0.1) is 6.26 Å². The van der Waals surface area contributed by atoms with Crippen molar-refractivity contribution in [3.63, 3.8) is 0 Å². The Kier molecular flexibility index (Phi) is 2.99. The van der Waals surface area contributed by atoms with Crippen molar-refractivity contribution >= 4 is 20.9 Å². The number of rotatable bonds is 3. The van der Waals surface area contributed by atoms with Gasteiger partial charge in [-0.15, -0.1) is 0 Å². The van der Waals surface area contributed by atoms with Crippen molar-refractivity contribution < 1.29 is 12.6 Å². The van der Waals surface area contributed by atoms with Gasteiger partial charge in [-0.05, 0) is 17.5 Å². The van der Waals surface area contributed by atoms with Crippen LogP contribution in [0.2, 0.25) is 0 Å². The standard InChI is InChI=1S/C11H11NO4S/c1-17(14,15)16-7-9-6-8-4-2-3-5-10(8)11(13)12-9/h2-6H,7H2,1H3,(H,12,13). The Balaban J connectivity index is 2.41. The normalized spacial score (nSPS) is 11.8. The average molecular weight is 253 g/mol. The van der Waals surface area contributed by atoms with Crippen LogP contribution in [0.5, 0.6) is 0 Å². The number of pyridine rings is 1. The molecule has 0 aliphatic rings. The van der Waals surface area contributed by atoms with Crippen LogP contribution in [0.3, 0.4) is 0 Å². The monoisotopic (exact) mass is 253 g/mol. The van der Waals surface area contributed by atoms with Crippen molar-refractivity contribution in [1.29, 1.82) is 0 Å². The molecule has 0 bridgehead atoms. The maximum Gasteiger partial charge on any atom is 0.264 e. The predicted octanol–water partition coefficient (Wildman–Crippen LogP) is 1.00. The molecule has 2 rings (SSSR count). The van der Waals surface area contributed by atoms with Gasteiger partial charge in [0.1, 0.15) is 6.61 Å². The van der Waals surface area contributed by atoms with Crippen molar-refractivity contribution in [3.05, 3.63) is 46.4 Å². The molecule has 6 heteroatoms. The molecule has 1 N–H and O–H groups in total. The summed E-state index contributed by atoms with van der Waals surface area (Å²) in [7, 11) is -3.51. The van der Waals surface area contributed by atoms with Crippen LogP contribution < -0.4 is 5.56 Å². The summed E-state index contributed by atoms with van der Waals surface area (Å²) in [4.78, 5) is 14.2. The molecule has 0 unspecified atom stereocenters. The molecule has 17 heavy (non-hydrogen) atoms. The number of fused-ring (bicyclic) bond motifs is 1. The van der Waals surface area contributed by atoms with E-state index < -0.39 is 10.1 Å². The molecule has 0 aliphatic heterocycles. The molecular formula is C11H11NO4S. The van der Waals surface area contributed by atoms with E-state index in [1.165, 1.54) is 0 Å². The van der Waals surface area contributed by atoms with Gasteiger partial charge in [-0.3, -0.25) is 8.98 Å². The minimum Gasteiger partial charge on any atom is -0.323 e. The lowest BCUT2D eigenvalue weighted by Gasteiger charge is -2.03. The van der Waals surface area contributed by atoms with Crippen molar-refractivity contribution in [2.75, 3.05) is 6.26 Å². The molecule has 0 saturated carbocycles. The summed E-state index contributed by atoms with van der Waals surface area (Å²) in [5, 5.41) is 1.32. The number of benzene rings is 1. The summed E-state index contributed by atoms with van der Waals surface area (Å²) < 4.78 is 26.3. The van der Waals surface area contributed by atoms with Gasteiger partial charge >= 0.3 is 0 Å². The van der Waals surface area contributed by atoms with Crippen molar-refractivity contribution in [2.45, 2.75) is 6.61 Å². The van der Waals surface area contributed by atoms with E-state index in [1.807, 2.05) is 6.07 Å². The second-order valence-corrected chi connectivity index (χ2v) is 5.32. The third kappa shape index (κ3) is 2.92. The van der Waals surface area contributed by atoms with Gasteiger partial charge in [0, 0.05) is 11.1 Å². The van der Waals surface area contributed by atoms with Crippen LogP contribution in [0.15, 0.2) is 35.1 Å². The van der Waals surface area contributed by atoms with E-state index in [4.69, 9.17) is 0 Å². The van der Waals surface area contributed by atoms with Crippen molar-refractivity contribution in [1.82, 2.24) is 4.98 Å². The molecule has 90 valence electrons. The maximum absolute atomic E-state index is 11.7. The molecule has 5 nitrogen and oxygen atoms in total. The first-order valence-corrected chi connectivity index (χ1v) is 6.73. The van der Waals surface area contributed by atoms with E-state index in [2.05, 4.69) is 9.17 Å². The molecule has 0 saturated heterocycles. The van der Waals surface area contributed by atoms with Gasteiger partial charge in [-0.2, -0.15) is 8.42 Å². The SMILES string of the molecule is CS(=O)(=O)OCc1cc2ccccc2c(=O)[nH]1. The summed E-state index contributed by atoms with van der Waals surface area (Å²) in [5.41, 5.74) is 0.175. The topological polar surface area (TPSA) is 76.2 Å². The first-order chi connectivity index (χ1) is 7.96. The predicted molar refractivity (Wildman–Crippen MR) is 64.2 cm³/mol. The summed E-state index contributed by atoms with van der Waals surface area (Å²) in [5.74, 6) is 0. The molecule has 0 aliphatic carbocycles. The fourth-order valence-corrected chi connectivity index (χ4v) is 1.86. The third-order valence-corrected chi connectivity index (χ3v) is 2.78. The van der Waals surface area contributed by atoms with Gasteiger partial charge in [0.2, 0.25) is 0 Å². The highest BCUT2D eigenvalue weighted by molar-refractivity contribution is 7.85. The zero-order chi connectivity index (χ0) is 12.5. The Hall–Kier alpha value is -1.66. The van der Waals surface area contributed by atoms with E-state index in [9.17, 15) is 13.2 Å². The van der Waals surface area contributed by atoms with E-state index in [0.29, 0.717) is 11.1 Å². The van der Waals surface area contributed by atoms with Crippen LogP contribution in [0.25, 0.3) is 10.8 Å². The lowest BCUT2D eigenvalue weighted by Crippen LogP contribution is -2.11. The molecule has 0 amide bonds.